The van der Waals surface area contributed by atoms with E-state index in [9.17, 15) is 0 Å². The van der Waals surface area contributed by atoms with Gasteiger partial charge in [-0.1, -0.05) is 0 Å². The van der Waals surface area contributed by atoms with Crippen LogP contribution in [0.3, 0.4) is 0 Å². The summed E-state index contributed by atoms with van der Waals surface area (Å²) < 4.78 is 11.2. The standard InChI is InChI=1S/C11H23NO2/c1-4-13-8-10(3)14-11-5-6-12-9(2)7-11/h9-12H,4-8H2,1-3H3. The van der Waals surface area contributed by atoms with E-state index in [4.69, 9.17) is 9.47 Å². The van der Waals surface area contributed by atoms with Crippen LogP contribution in [-0.2, 0) is 9.47 Å². The number of rotatable bonds is 5. The van der Waals surface area contributed by atoms with Gasteiger partial charge in [0.15, 0.2) is 0 Å². The molecule has 3 nitrogen and oxygen atoms in total. The Morgan fingerprint density at radius 1 is 1.50 bits per heavy atom. The van der Waals surface area contributed by atoms with E-state index in [0.29, 0.717) is 12.1 Å². The Balaban J connectivity index is 2.15. The number of nitrogens with one attached hydrogen (secondary N) is 1. The highest BCUT2D eigenvalue weighted by Crippen LogP contribution is 2.14. The van der Waals surface area contributed by atoms with Crippen molar-refractivity contribution in [1.29, 1.82) is 0 Å². The molecule has 3 atom stereocenters. The number of piperidine rings is 1. The lowest BCUT2D eigenvalue weighted by atomic mass is 10.0. The van der Waals surface area contributed by atoms with E-state index < -0.39 is 0 Å². The van der Waals surface area contributed by atoms with Crippen LogP contribution < -0.4 is 5.32 Å². The van der Waals surface area contributed by atoms with Crippen LogP contribution in [0.1, 0.15) is 33.6 Å². The SMILES string of the molecule is CCOCC(C)OC1CCNC(C)C1. The molecule has 1 fully saturated rings. The topological polar surface area (TPSA) is 30.5 Å². The lowest BCUT2D eigenvalue weighted by molar-refractivity contribution is -0.0600. The summed E-state index contributed by atoms with van der Waals surface area (Å²) >= 11 is 0. The van der Waals surface area contributed by atoms with Gasteiger partial charge < -0.3 is 14.8 Å². The third-order valence-electron chi connectivity index (χ3n) is 2.56. The Bertz CT molecular complexity index is 152. The summed E-state index contributed by atoms with van der Waals surface area (Å²) in [6, 6.07) is 0.591. The summed E-state index contributed by atoms with van der Waals surface area (Å²) in [6.07, 6.45) is 2.89. The van der Waals surface area contributed by atoms with Crippen LogP contribution in [0.15, 0.2) is 0 Å². The molecule has 0 radical (unpaired) electrons. The van der Waals surface area contributed by atoms with Crippen molar-refractivity contribution < 1.29 is 9.47 Å². The minimum absolute atomic E-state index is 0.227. The zero-order valence-electron chi connectivity index (χ0n) is 9.58. The van der Waals surface area contributed by atoms with E-state index in [2.05, 4.69) is 19.2 Å². The molecule has 0 saturated carbocycles. The van der Waals surface area contributed by atoms with Gasteiger partial charge >= 0.3 is 0 Å². The summed E-state index contributed by atoms with van der Waals surface area (Å²) in [7, 11) is 0. The van der Waals surface area contributed by atoms with Gasteiger partial charge in [0.05, 0.1) is 18.8 Å². The van der Waals surface area contributed by atoms with Crippen molar-refractivity contribution in [2.24, 2.45) is 0 Å². The van der Waals surface area contributed by atoms with Crippen molar-refractivity contribution in [3.8, 4) is 0 Å². The summed E-state index contributed by atoms with van der Waals surface area (Å²) in [4.78, 5) is 0. The summed E-state index contributed by atoms with van der Waals surface area (Å²) in [5.41, 5.74) is 0. The van der Waals surface area contributed by atoms with Gasteiger partial charge in [0.1, 0.15) is 0 Å². The maximum absolute atomic E-state index is 5.90. The minimum Gasteiger partial charge on any atom is -0.379 e. The van der Waals surface area contributed by atoms with Crippen LogP contribution >= 0.6 is 0 Å². The molecule has 0 bridgehead atoms. The highest BCUT2D eigenvalue weighted by atomic mass is 16.5. The summed E-state index contributed by atoms with van der Waals surface area (Å²) in [5.74, 6) is 0. The second-order valence-electron chi connectivity index (χ2n) is 4.11. The molecule has 1 rings (SSSR count). The second kappa shape index (κ2) is 6.38. The van der Waals surface area contributed by atoms with Crippen molar-refractivity contribution in [3.63, 3.8) is 0 Å². The molecule has 1 N–H and O–H groups in total. The predicted molar refractivity (Wildman–Crippen MR) is 57.5 cm³/mol. The van der Waals surface area contributed by atoms with Gasteiger partial charge in [0.2, 0.25) is 0 Å². The molecule has 1 saturated heterocycles. The van der Waals surface area contributed by atoms with E-state index in [-0.39, 0.29) is 6.10 Å². The first-order valence-corrected chi connectivity index (χ1v) is 5.69. The number of ether oxygens (including phenoxy) is 2. The zero-order chi connectivity index (χ0) is 10.4. The summed E-state index contributed by atoms with van der Waals surface area (Å²) in [6.45, 7) is 8.88. The van der Waals surface area contributed by atoms with Gasteiger partial charge in [-0.15, -0.1) is 0 Å². The molecule has 1 aliphatic rings. The molecule has 3 heteroatoms. The monoisotopic (exact) mass is 201 g/mol. The van der Waals surface area contributed by atoms with Crippen LogP contribution in [0, 0.1) is 0 Å². The van der Waals surface area contributed by atoms with Gasteiger partial charge in [-0.3, -0.25) is 0 Å². The summed E-state index contributed by atoms with van der Waals surface area (Å²) in [5, 5.41) is 3.42. The van der Waals surface area contributed by atoms with Crippen LogP contribution in [0.4, 0.5) is 0 Å². The van der Waals surface area contributed by atoms with Gasteiger partial charge in [-0.05, 0) is 40.2 Å². The van der Waals surface area contributed by atoms with Crippen molar-refractivity contribution in [2.75, 3.05) is 19.8 Å². The Hall–Kier alpha value is -0.120. The molecule has 0 amide bonds. The average molecular weight is 201 g/mol. The third kappa shape index (κ3) is 4.40. The van der Waals surface area contributed by atoms with Crippen LogP contribution in [0.2, 0.25) is 0 Å². The molecule has 84 valence electrons. The van der Waals surface area contributed by atoms with Crippen molar-refractivity contribution >= 4 is 0 Å². The molecule has 1 heterocycles. The van der Waals surface area contributed by atoms with Crippen LogP contribution in [0.25, 0.3) is 0 Å². The Labute approximate surface area is 87.2 Å². The number of hydrogen-bond acceptors (Lipinski definition) is 3. The van der Waals surface area contributed by atoms with E-state index in [1.165, 1.54) is 0 Å². The highest BCUT2D eigenvalue weighted by molar-refractivity contribution is 4.76. The van der Waals surface area contributed by atoms with Crippen LogP contribution in [-0.4, -0.2) is 38.0 Å². The Morgan fingerprint density at radius 3 is 2.93 bits per heavy atom. The molecular weight excluding hydrogens is 178 g/mol. The first kappa shape index (κ1) is 12.0. The molecule has 0 spiro atoms. The quantitative estimate of drug-likeness (QED) is 0.732. The number of hydrogen-bond donors (Lipinski definition) is 1. The maximum atomic E-state index is 5.90. The smallest absolute Gasteiger partial charge is 0.0784 e. The molecule has 0 aliphatic carbocycles. The molecule has 14 heavy (non-hydrogen) atoms. The highest BCUT2D eigenvalue weighted by Gasteiger charge is 2.20. The molecule has 0 aromatic carbocycles. The van der Waals surface area contributed by atoms with Crippen molar-refractivity contribution in [2.45, 2.75) is 51.9 Å². The average Bonchev–Trinajstić information content (AvgIpc) is 2.15. The lowest BCUT2D eigenvalue weighted by Crippen LogP contribution is -2.40. The Morgan fingerprint density at radius 2 is 2.29 bits per heavy atom. The maximum Gasteiger partial charge on any atom is 0.0784 e. The van der Waals surface area contributed by atoms with Gasteiger partial charge in [0.25, 0.3) is 0 Å². The first-order valence-electron chi connectivity index (χ1n) is 5.69. The van der Waals surface area contributed by atoms with Gasteiger partial charge in [-0.2, -0.15) is 0 Å². The van der Waals surface area contributed by atoms with E-state index in [0.717, 1.165) is 32.6 Å². The fourth-order valence-corrected chi connectivity index (χ4v) is 1.86. The zero-order valence-corrected chi connectivity index (χ0v) is 9.58. The van der Waals surface area contributed by atoms with Crippen molar-refractivity contribution in [3.05, 3.63) is 0 Å². The molecule has 3 unspecified atom stereocenters. The van der Waals surface area contributed by atoms with E-state index in [1.54, 1.807) is 0 Å². The third-order valence-corrected chi connectivity index (χ3v) is 2.56. The molecule has 1 aliphatic heterocycles. The molecule has 0 aromatic heterocycles. The fraction of sp³-hybridized carbons (Fsp3) is 1.00. The van der Waals surface area contributed by atoms with E-state index >= 15 is 0 Å². The van der Waals surface area contributed by atoms with Crippen molar-refractivity contribution in [1.82, 2.24) is 5.32 Å². The Kier molecular flexibility index (Phi) is 5.45. The second-order valence-corrected chi connectivity index (χ2v) is 4.11. The fourth-order valence-electron chi connectivity index (χ4n) is 1.86. The predicted octanol–water partition coefficient (Wildman–Crippen LogP) is 1.57. The largest absolute Gasteiger partial charge is 0.379 e. The lowest BCUT2D eigenvalue weighted by Gasteiger charge is -2.30. The first-order chi connectivity index (χ1) is 6.72. The van der Waals surface area contributed by atoms with Crippen LogP contribution in [0.5, 0.6) is 0 Å². The van der Waals surface area contributed by atoms with Gasteiger partial charge in [0, 0.05) is 12.6 Å². The van der Waals surface area contributed by atoms with Gasteiger partial charge in [-0.25, -0.2) is 0 Å². The minimum atomic E-state index is 0.227. The molecular formula is C11H23NO2. The normalized spacial score (nSPS) is 30.2. The van der Waals surface area contributed by atoms with E-state index in [1.807, 2.05) is 6.92 Å². The molecule has 0 aromatic rings.